The molecule has 3 N–H and O–H groups in total. The number of nitrogens with one attached hydrogen (secondary N) is 3. The van der Waals surface area contributed by atoms with Gasteiger partial charge < -0.3 is 15.4 Å². The Balaban J connectivity index is 1.70. The highest BCUT2D eigenvalue weighted by molar-refractivity contribution is 7.18. The number of amides is 3. The summed E-state index contributed by atoms with van der Waals surface area (Å²) in [4.78, 5) is 25.6. The Morgan fingerprint density at radius 1 is 1.12 bits per heavy atom. The Kier molecular flexibility index (Phi) is 8.49. The van der Waals surface area contributed by atoms with E-state index >= 15 is 0 Å². The van der Waals surface area contributed by atoms with E-state index in [4.69, 9.17) is 27.9 Å². The van der Waals surface area contributed by atoms with Crippen molar-refractivity contribution >= 4 is 57.3 Å². The molecule has 0 aliphatic heterocycles. The molecule has 0 fully saturated rings. The number of rotatable bonds is 8. The summed E-state index contributed by atoms with van der Waals surface area (Å²) in [5.41, 5.74) is 1.17. The third-order valence-electron chi connectivity index (χ3n) is 4.95. The summed E-state index contributed by atoms with van der Waals surface area (Å²) in [5, 5.41) is 17.8. The van der Waals surface area contributed by atoms with Crippen LogP contribution < -0.4 is 20.7 Å². The fourth-order valence-corrected chi connectivity index (χ4v) is 4.02. The number of carbonyl (C=O) groups is 2. The average molecular weight is 508 g/mol. The molecule has 33 heavy (non-hydrogen) atoms. The Bertz CT molecular complexity index is 1140. The maximum atomic E-state index is 13.0. The van der Waals surface area contributed by atoms with Crippen molar-refractivity contribution < 1.29 is 14.3 Å². The fraction of sp³-hybridized carbons (Fsp3) is 0.273. The van der Waals surface area contributed by atoms with Crippen LogP contribution in [0.2, 0.25) is 10.0 Å². The van der Waals surface area contributed by atoms with Crippen LogP contribution in [0.5, 0.6) is 5.75 Å². The topological polar surface area (TPSA) is 105 Å². The molecule has 11 heteroatoms. The van der Waals surface area contributed by atoms with Crippen molar-refractivity contribution in [1.29, 1.82) is 0 Å². The van der Waals surface area contributed by atoms with Crippen LogP contribution in [0.25, 0.3) is 10.6 Å². The van der Waals surface area contributed by atoms with Crippen LogP contribution in [-0.4, -0.2) is 35.3 Å². The van der Waals surface area contributed by atoms with Crippen LogP contribution in [-0.2, 0) is 4.79 Å². The average Bonchev–Trinajstić information content (AvgIpc) is 3.28. The van der Waals surface area contributed by atoms with Gasteiger partial charge in [0.2, 0.25) is 11.0 Å². The van der Waals surface area contributed by atoms with E-state index in [1.54, 1.807) is 25.3 Å². The monoisotopic (exact) mass is 507 g/mol. The summed E-state index contributed by atoms with van der Waals surface area (Å²) in [5.74, 6) is 0.154. The van der Waals surface area contributed by atoms with Gasteiger partial charge in [0, 0.05) is 5.56 Å². The normalized spacial score (nSPS) is 12.5. The number of methoxy groups -OCH3 is 1. The van der Waals surface area contributed by atoms with Gasteiger partial charge in [-0.3, -0.25) is 10.1 Å². The van der Waals surface area contributed by atoms with Gasteiger partial charge in [-0.05, 0) is 30.2 Å². The van der Waals surface area contributed by atoms with Crippen LogP contribution in [0.1, 0.15) is 20.3 Å². The molecular formula is C22H23Cl2N5O3S. The molecular weight excluding hydrogens is 485 g/mol. The minimum Gasteiger partial charge on any atom is -0.497 e. The highest BCUT2D eigenvalue weighted by Gasteiger charge is 2.27. The van der Waals surface area contributed by atoms with Crippen LogP contribution in [0, 0.1) is 5.92 Å². The summed E-state index contributed by atoms with van der Waals surface area (Å²) in [6.45, 7) is 3.81. The van der Waals surface area contributed by atoms with E-state index in [0.29, 0.717) is 33.0 Å². The second-order valence-corrected chi connectivity index (χ2v) is 8.96. The molecule has 2 aromatic carbocycles. The van der Waals surface area contributed by atoms with Gasteiger partial charge in [0.25, 0.3) is 0 Å². The number of benzene rings is 2. The predicted octanol–water partition coefficient (Wildman–Crippen LogP) is 5.70. The maximum Gasteiger partial charge on any atom is 0.319 e. The minimum absolute atomic E-state index is 0.142. The van der Waals surface area contributed by atoms with Gasteiger partial charge in [-0.25, -0.2) is 4.79 Å². The quantitative estimate of drug-likeness (QED) is 0.362. The van der Waals surface area contributed by atoms with E-state index in [9.17, 15) is 9.59 Å². The molecule has 3 rings (SSSR count). The number of ether oxygens (including phenoxy) is 1. The number of carbonyl (C=O) groups excluding carboxylic acids is 2. The summed E-state index contributed by atoms with van der Waals surface area (Å²) in [6.07, 6.45) is 0.668. The molecule has 2 unspecified atom stereocenters. The first-order chi connectivity index (χ1) is 15.8. The van der Waals surface area contributed by atoms with Gasteiger partial charge in [0.15, 0.2) is 0 Å². The van der Waals surface area contributed by atoms with E-state index in [0.717, 1.165) is 5.56 Å². The van der Waals surface area contributed by atoms with Crippen molar-refractivity contribution in [1.82, 2.24) is 15.5 Å². The molecule has 1 heterocycles. The molecule has 3 amide bonds. The van der Waals surface area contributed by atoms with Crippen LogP contribution in [0.4, 0.5) is 15.6 Å². The van der Waals surface area contributed by atoms with Gasteiger partial charge in [0.05, 0.1) is 22.8 Å². The van der Waals surface area contributed by atoms with Crippen molar-refractivity contribution in [2.45, 2.75) is 26.3 Å². The van der Waals surface area contributed by atoms with E-state index in [1.165, 1.54) is 11.3 Å². The van der Waals surface area contributed by atoms with Gasteiger partial charge in [-0.1, -0.05) is 73.0 Å². The SMILES string of the molecule is CCC(C)C(NC(=O)Nc1cccc(Cl)c1Cl)C(=O)Nc1nnc(-c2cccc(OC)c2)s1. The van der Waals surface area contributed by atoms with Crippen LogP contribution >= 0.6 is 34.5 Å². The molecule has 0 saturated carbocycles. The minimum atomic E-state index is -0.808. The number of nitrogens with zero attached hydrogens (tertiary/aromatic N) is 2. The number of hydrogen-bond acceptors (Lipinski definition) is 6. The molecule has 0 radical (unpaired) electrons. The van der Waals surface area contributed by atoms with Crippen LogP contribution in [0.15, 0.2) is 42.5 Å². The molecule has 0 bridgehead atoms. The third kappa shape index (κ3) is 6.34. The van der Waals surface area contributed by atoms with Crippen molar-refractivity contribution in [2.75, 3.05) is 17.7 Å². The van der Waals surface area contributed by atoms with Gasteiger partial charge in [0.1, 0.15) is 16.8 Å². The third-order valence-corrected chi connectivity index (χ3v) is 6.66. The molecule has 174 valence electrons. The molecule has 1 aromatic heterocycles. The predicted molar refractivity (Wildman–Crippen MR) is 132 cm³/mol. The molecule has 0 aliphatic carbocycles. The Hall–Kier alpha value is -2.88. The summed E-state index contributed by atoms with van der Waals surface area (Å²) < 4.78 is 5.24. The zero-order valence-electron chi connectivity index (χ0n) is 18.2. The Labute approximate surface area is 205 Å². The van der Waals surface area contributed by atoms with Gasteiger partial charge >= 0.3 is 6.03 Å². The van der Waals surface area contributed by atoms with Gasteiger partial charge in [-0.15, -0.1) is 10.2 Å². The van der Waals surface area contributed by atoms with E-state index in [1.807, 2.05) is 38.1 Å². The zero-order chi connectivity index (χ0) is 24.0. The Morgan fingerprint density at radius 2 is 1.88 bits per heavy atom. The van der Waals surface area contributed by atoms with E-state index < -0.39 is 18.0 Å². The highest BCUT2D eigenvalue weighted by atomic mass is 35.5. The number of aromatic nitrogens is 2. The van der Waals surface area contributed by atoms with E-state index in [2.05, 4.69) is 26.1 Å². The largest absolute Gasteiger partial charge is 0.497 e. The van der Waals surface area contributed by atoms with Crippen molar-refractivity contribution in [3.63, 3.8) is 0 Å². The number of halogens is 2. The first kappa shape index (κ1) is 24.8. The molecule has 0 spiro atoms. The van der Waals surface area contributed by atoms with Gasteiger partial charge in [-0.2, -0.15) is 0 Å². The number of urea groups is 1. The number of hydrogen-bond donors (Lipinski definition) is 3. The maximum absolute atomic E-state index is 13.0. The highest BCUT2D eigenvalue weighted by Crippen LogP contribution is 2.30. The lowest BCUT2D eigenvalue weighted by atomic mass is 9.98. The molecule has 2 atom stereocenters. The molecule has 0 aliphatic rings. The standard InChI is InChI=1S/C22H23Cl2N5O3S/c1-4-12(2)18(26-21(31)25-16-10-6-9-15(23)17(16)24)19(30)27-22-29-28-20(33-22)13-7-5-8-14(11-13)32-3/h5-12,18H,4H2,1-3H3,(H2,25,26,31)(H,27,29,30). The first-order valence-electron chi connectivity index (χ1n) is 10.1. The smallest absolute Gasteiger partial charge is 0.319 e. The second kappa shape index (κ2) is 11.3. The molecule has 8 nitrogen and oxygen atoms in total. The summed E-state index contributed by atoms with van der Waals surface area (Å²) in [7, 11) is 1.59. The van der Waals surface area contributed by atoms with Crippen molar-refractivity contribution in [2.24, 2.45) is 5.92 Å². The first-order valence-corrected chi connectivity index (χ1v) is 11.7. The summed E-state index contributed by atoms with van der Waals surface area (Å²) >= 11 is 13.3. The Morgan fingerprint density at radius 3 is 2.61 bits per heavy atom. The lowest BCUT2D eigenvalue weighted by Gasteiger charge is -2.23. The van der Waals surface area contributed by atoms with E-state index in [-0.39, 0.29) is 10.9 Å². The summed E-state index contributed by atoms with van der Waals surface area (Å²) in [6, 6.07) is 10.9. The molecule has 3 aromatic rings. The zero-order valence-corrected chi connectivity index (χ0v) is 20.5. The van der Waals surface area contributed by atoms with Crippen LogP contribution in [0.3, 0.4) is 0 Å². The van der Waals surface area contributed by atoms with Crippen molar-refractivity contribution in [3.8, 4) is 16.3 Å². The molecule has 0 saturated heterocycles. The lowest BCUT2D eigenvalue weighted by Crippen LogP contribution is -2.49. The second-order valence-electron chi connectivity index (χ2n) is 7.20. The fourth-order valence-electron chi connectivity index (χ4n) is 2.93. The number of anilines is 2. The van der Waals surface area contributed by atoms with Crippen molar-refractivity contribution in [3.05, 3.63) is 52.5 Å². The lowest BCUT2D eigenvalue weighted by molar-refractivity contribution is -0.119.